The van der Waals surface area contributed by atoms with Gasteiger partial charge in [0.15, 0.2) is 0 Å². The van der Waals surface area contributed by atoms with Crippen molar-refractivity contribution in [1.29, 1.82) is 0 Å². The number of aliphatic hydroxyl groups is 1. The van der Waals surface area contributed by atoms with Gasteiger partial charge in [0.05, 0.1) is 11.1 Å². The standard InChI is InChI=1S/C16H21N3OS/c1-11(2)19(8-5-9-20)16-13(15(17)21)10-12-6-3-4-7-14(12)18-16/h3-4,6-7,10-11,20H,5,8-9H2,1-2H3,(H2,17,21). The highest BCUT2D eigenvalue weighted by atomic mass is 32.1. The van der Waals surface area contributed by atoms with E-state index in [0.29, 0.717) is 11.4 Å². The fraction of sp³-hybridized carbons (Fsp3) is 0.375. The van der Waals surface area contributed by atoms with Gasteiger partial charge in [-0.3, -0.25) is 0 Å². The number of pyridine rings is 1. The normalized spacial score (nSPS) is 11.0. The van der Waals surface area contributed by atoms with Crippen LogP contribution < -0.4 is 10.6 Å². The summed E-state index contributed by atoms with van der Waals surface area (Å²) in [5, 5.41) is 10.1. The molecule has 0 unspecified atom stereocenters. The molecule has 2 aromatic rings. The maximum Gasteiger partial charge on any atom is 0.139 e. The molecule has 0 spiro atoms. The van der Waals surface area contributed by atoms with E-state index in [9.17, 15) is 0 Å². The average molecular weight is 303 g/mol. The number of aliphatic hydroxyl groups excluding tert-OH is 1. The molecule has 0 aliphatic rings. The maximum absolute atomic E-state index is 9.10. The molecule has 1 aromatic carbocycles. The molecule has 0 aliphatic carbocycles. The fourth-order valence-electron chi connectivity index (χ4n) is 2.36. The summed E-state index contributed by atoms with van der Waals surface area (Å²) in [5.74, 6) is 0.796. The molecule has 1 aromatic heterocycles. The van der Waals surface area contributed by atoms with Crippen LogP contribution in [0, 0.1) is 0 Å². The highest BCUT2D eigenvalue weighted by Crippen LogP contribution is 2.25. The zero-order valence-corrected chi connectivity index (χ0v) is 13.2. The second kappa shape index (κ2) is 6.83. The summed E-state index contributed by atoms with van der Waals surface area (Å²) in [5.41, 5.74) is 7.59. The van der Waals surface area contributed by atoms with E-state index in [1.54, 1.807) is 0 Å². The molecule has 0 saturated heterocycles. The summed E-state index contributed by atoms with van der Waals surface area (Å²) in [7, 11) is 0. The average Bonchev–Trinajstić information content (AvgIpc) is 2.46. The minimum atomic E-state index is 0.152. The Morgan fingerprint density at radius 2 is 2.10 bits per heavy atom. The van der Waals surface area contributed by atoms with Crippen LogP contribution >= 0.6 is 12.2 Å². The number of hydrogen-bond donors (Lipinski definition) is 2. The third kappa shape index (κ3) is 3.49. The van der Waals surface area contributed by atoms with E-state index in [2.05, 4.69) is 18.7 Å². The molecular weight excluding hydrogens is 282 g/mol. The molecule has 0 bridgehead atoms. The lowest BCUT2D eigenvalue weighted by Gasteiger charge is -2.29. The first kappa shape index (κ1) is 15.7. The fourth-order valence-corrected chi connectivity index (χ4v) is 2.51. The summed E-state index contributed by atoms with van der Waals surface area (Å²) in [4.78, 5) is 7.23. The van der Waals surface area contributed by atoms with Crippen molar-refractivity contribution in [2.24, 2.45) is 5.73 Å². The Balaban J connectivity index is 2.57. The van der Waals surface area contributed by atoms with Crippen LogP contribution in [0.4, 0.5) is 5.82 Å². The Morgan fingerprint density at radius 1 is 1.38 bits per heavy atom. The second-order valence-electron chi connectivity index (χ2n) is 5.28. The van der Waals surface area contributed by atoms with Crippen LogP contribution in [-0.4, -0.2) is 34.3 Å². The second-order valence-corrected chi connectivity index (χ2v) is 5.72. The van der Waals surface area contributed by atoms with Crippen molar-refractivity contribution in [2.45, 2.75) is 26.3 Å². The van der Waals surface area contributed by atoms with Gasteiger partial charge < -0.3 is 15.7 Å². The number of aromatic nitrogens is 1. The van der Waals surface area contributed by atoms with Crippen molar-refractivity contribution in [3.8, 4) is 0 Å². The van der Waals surface area contributed by atoms with Crippen molar-refractivity contribution in [1.82, 2.24) is 4.98 Å². The molecule has 0 amide bonds. The molecule has 0 radical (unpaired) electrons. The van der Waals surface area contributed by atoms with Crippen LogP contribution in [0.5, 0.6) is 0 Å². The number of thiocarbonyl (C=S) groups is 1. The van der Waals surface area contributed by atoms with E-state index in [1.165, 1.54) is 0 Å². The lowest BCUT2D eigenvalue weighted by Crippen LogP contribution is -2.35. The van der Waals surface area contributed by atoms with Gasteiger partial charge in [0.2, 0.25) is 0 Å². The number of fused-ring (bicyclic) bond motifs is 1. The quantitative estimate of drug-likeness (QED) is 0.803. The Morgan fingerprint density at radius 3 is 2.71 bits per heavy atom. The van der Waals surface area contributed by atoms with Gasteiger partial charge in [-0.15, -0.1) is 0 Å². The molecule has 1 heterocycles. The summed E-state index contributed by atoms with van der Waals surface area (Å²) in [6.07, 6.45) is 0.684. The zero-order valence-electron chi connectivity index (χ0n) is 12.4. The Kier molecular flexibility index (Phi) is 5.09. The van der Waals surface area contributed by atoms with E-state index in [4.69, 9.17) is 28.0 Å². The molecule has 0 aliphatic heterocycles. The molecule has 0 saturated carbocycles. The van der Waals surface area contributed by atoms with Crippen LogP contribution in [0.15, 0.2) is 30.3 Å². The highest BCUT2D eigenvalue weighted by Gasteiger charge is 2.18. The van der Waals surface area contributed by atoms with Gasteiger partial charge in [-0.1, -0.05) is 30.4 Å². The van der Waals surface area contributed by atoms with Gasteiger partial charge in [0, 0.05) is 24.6 Å². The molecule has 5 heteroatoms. The van der Waals surface area contributed by atoms with Crippen LogP contribution in [0.3, 0.4) is 0 Å². The summed E-state index contributed by atoms with van der Waals surface area (Å²) in [6, 6.07) is 10.2. The van der Waals surface area contributed by atoms with E-state index < -0.39 is 0 Å². The molecule has 4 nitrogen and oxygen atoms in total. The van der Waals surface area contributed by atoms with Gasteiger partial charge >= 0.3 is 0 Å². The topological polar surface area (TPSA) is 62.4 Å². The predicted octanol–water partition coefficient (Wildman–Crippen LogP) is 2.47. The highest BCUT2D eigenvalue weighted by molar-refractivity contribution is 7.80. The molecule has 0 fully saturated rings. The van der Waals surface area contributed by atoms with E-state index in [1.807, 2.05) is 30.3 Å². The Bertz CT molecular complexity index is 642. The first-order valence-electron chi connectivity index (χ1n) is 7.11. The lowest BCUT2D eigenvalue weighted by molar-refractivity contribution is 0.288. The smallest absolute Gasteiger partial charge is 0.139 e. The third-order valence-corrected chi connectivity index (χ3v) is 3.64. The lowest BCUT2D eigenvalue weighted by atomic mass is 10.1. The monoisotopic (exact) mass is 303 g/mol. The van der Waals surface area contributed by atoms with E-state index >= 15 is 0 Å². The molecule has 2 rings (SSSR count). The van der Waals surface area contributed by atoms with Crippen LogP contribution in [-0.2, 0) is 0 Å². The first-order valence-corrected chi connectivity index (χ1v) is 7.52. The zero-order chi connectivity index (χ0) is 15.4. The Labute approximate surface area is 130 Å². The largest absolute Gasteiger partial charge is 0.396 e. The number of nitrogens with zero attached hydrogens (tertiary/aromatic N) is 2. The third-order valence-electron chi connectivity index (χ3n) is 3.42. The van der Waals surface area contributed by atoms with Crippen molar-refractivity contribution in [2.75, 3.05) is 18.1 Å². The minimum absolute atomic E-state index is 0.152. The maximum atomic E-state index is 9.10. The first-order chi connectivity index (χ1) is 10.0. The molecular formula is C16H21N3OS. The number of hydrogen-bond acceptors (Lipinski definition) is 4. The van der Waals surface area contributed by atoms with Crippen molar-refractivity contribution >= 4 is 33.9 Å². The number of nitrogens with two attached hydrogens (primary N) is 1. The van der Waals surface area contributed by atoms with Gasteiger partial charge in [-0.2, -0.15) is 0 Å². The molecule has 3 N–H and O–H groups in total. The van der Waals surface area contributed by atoms with Gasteiger partial charge in [-0.25, -0.2) is 4.98 Å². The summed E-state index contributed by atoms with van der Waals surface area (Å²) < 4.78 is 0. The number of para-hydroxylation sites is 1. The van der Waals surface area contributed by atoms with Gasteiger partial charge in [0.25, 0.3) is 0 Å². The SMILES string of the molecule is CC(C)N(CCCO)c1nc2ccccc2cc1C(N)=S. The molecule has 21 heavy (non-hydrogen) atoms. The van der Waals surface area contributed by atoms with Crippen LogP contribution in [0.1, 0.15) is 25.8 Å². The van der Waals surface area contributed by atoms with Crippen LogP contribution in [0.25, 0.3) is 10.9 Å². The molecule has 112 valence electrons. The number of benzene rings is 1. The van der Waals surface area contributed by atoms with Crippen LogP contribution in [0.2, 0.25) is 0 Å². The number of rotatable bonds is 6. The van der Waals surface area contributed by atoms with Gasteiger partial charge in [0.1, 0.15) is 10.8 Å². The van der Waals surface area contributed by atoms with E-state index in [0.717, 1.165) is 28.8 Å². The van der Waals surface area contributed by atoms with Gasteiger partial charge in [-0.05, 0) is 32.4 Å². The van der Waals surface area contributed by atoms with Crippen molar-refractivity contribution < 1.29 is 5.11 Å². The summed E-state index contributed by atoms with van der Waals surface area (Å²) in [6.45, 7) is 5.06. The van der Waals surface area contributed by atoms with E-state index in [-0.39, 0.29) is 12.6 Å². The predicted molar refractivity (Wildman–Crippen MR) is 91.8 cm³/mol. The molecule has 0 atom stereocenters. The number of anilines is 1. The van der Waals surface area contributed by atoms with Crippen molar-refractivity contribution in [3.05, 3.63) is 35.9 Å². The summed E-state index contributed by atoms with van der Waals surface area (Å²) >= 11 is 5.19. The minimum Gasteiger partial charge on any atom is -0.396 e. The van der Waals surface area contributed by atoms with Crippen molar-refractivity contribution in [3.63, 3.8) is 0 Å². The Hall–Kier alpha value is -1.72.